The first-order chi connectivity index (χ1) is 20.1. The summed E-state index contributed by atoms with van der Waals surface area (Å²) in [7, 11) is -4.12. The Balaban J connectivity index is 1.51. The number of aromatic nitrogens is 2. The zero-order chi connectivity index (χ0) is 29.9. The standard InChI is InChI=1S/C29H24Cl2F2N2O6S/c30-22-15-34-16-23(31)21(22)14-26(19-10-11-25(41-29(32)33)27(13-19)39-17-18-8-9-18)40-28(36)24-7-4-12-35(24)42(37,38)20-5-2-1-3-6-20/h1-7,10-13,15-16,18,26,29H,8-9,14,17H2/t26-/m0/s1. The van der Waals surface area contributed by atoms with Gasteiger partial charge in [-0.25, -0.2) is 17.2 Å². The van der Waals surface area contributed by atoms with Crippen molar-refractivity contribution in [3.8, 4) is 11.5 Å². The third-order valence-corrected chi connectivity index (χ3v) is 8.90. The van der Waals surface area contributed by atoms with Gasteiger partial charge in [0.2, 0.25) is 0 Å². The highest BCUT2D eigenvalue weighted by molar-refractivity contribution is 7.90. The van der Waals surface area contributed by atoms with Crippen LogP contribution in [0.25, 0.3) is 0 Å². The molecule has 2 heterocycles. The highest BCUT2D eigenvalue weighted by Crippen LogP contribution is 2.38. The van der Waals surface area contributed by atoms with Crippen molar-refractivity contribution < 1.29 is 36.2 Å². The lowest BCUT2D eigenvalue weighted by Crippen LogP contribution is -2.21. The topological polar surface area (TPSA) is 96.7 Å². The summed E-state index contributed by atoms with van der Waals surface area (Å²) in [4.78, 5) is 17.5. The predicted octanol–water partition coefficient (Wildman–Crippen LogP) is 6.96. The van der Waals surface area contributed by atoms with Crippen LogP contribution in [-0.2, 0) is 21.2 Å². The van der Waals surface area contributed by atoms with Crippen molar-refractivity contribution in [2.45, 2.75) is 36.9 Å². The number of alkyl halides is 2. The average molecular weight is 637 g/mol. The number of nitrogens with zero attached hydrogens (tertiary/aromatic N) is 2. The van der Waals surface area contributed by atoms with Gasteiger partial charge in [0.25, 0.3) is 10.0 Å². The van der Waals surface area contributed by atoms with Gasteiger partial charge >= 0.3 is 12.6 Å². The third-order valence-electron chi connectivity index (χ3n) is 6.54. The van der Waals surface area contributed by atoms with Crippen molar-refractivity contribution in [3.05, 3.63) is 106 Å². The molecule has 1 atom stereocenters. The molecule has 5 rings (SSSR count). The van der Waals surface area contributed by atoms with Crippen LogP contribution in [0.3, 0.4) is 0 Å². The maximum atomic E-state index is 13.5. The fourth-order valence-corrected chi connectivity index (χ4v) is 6.07. The second-order valence-electron chi connectivity index (χ2n) is 9.53. The third kappa shape index (κ3) is 6.86. The molecule has 0 unspecified atom stereocenters. The first-order valence-corrected chi connectivity index (χ1v) is 15.0. The van der Waals surface area contributed by atoms with E-state index in [0.717, 1.165) is 16.8 Å². The molecule has 2 aromatic heterocycles. The zero-order valence-electron chi connectivity index (χ0n) is 21.8. The van der Waals surface area contributed by atoms with Crippen LogP contribution in [0.2, 0.25) is 10.0 Å². The lowest BCUT2D eigenvalue weighted by Gasteiger charge is -2.22. The molecule has 2 aromatic carbocycles. The number of carbonyl (C=O) groups is 1. The SMILES string of the molecule is O=C(O[C@@H](Cc1c(Cl)cncc1Cl)c1ccc(OC(F)F)c(OCC2CC2)c1)c1cccn1S(=O)(=O)c1ccccc1. The normalized spacial score (nSPS) is 14.0. The summed E-state index contributed by atoms with van der Waals surface area (Å²) in [6.45, 7) is -2.78. The number of ether oxygens (including phenoxy) is 3. The Morgan fingerprint density at radius 1 is 1.00 bits per heavy atom. The van der Waals surface area contributed by atoms with Gasteiger partial charge in [0.1, 0.15) is 11.8 Å². The molecule has 0 N–H and O–H groups in total. The Bertz CT molecular complexity index is 1660. The van der Waals surface area contributed by atoms with Gasteiger partial charge in [-0.05, 0) is 66.3 Å². The summed E-state index contributed by atoms with van der Waals surface area (Å²) >= 11 is 12.7. The number of rotatable bonds is 12. The lowest BCUT2D eigenvalue weighted by molar-refractivity contribution is -0.0515. The summed E-state index contributed by atoms with van der Waals surface area (Å²) in [5.41, 5.74) is 0.508. The van der Waals surface area contributed by atoms with E-state index in [2.05, 4.69) is 9.72 Å². The lowest BCUT2D eigenvalue weighted by atomic mass is 10.0. The highest BCUT2D eigenvalue weighted by Gasteiger charge is 2.29. The minimum Gasteiger partial charge on any atom is -0.489 e. The number of hydrogen-bond acceptors (Lipinski definition) is 7. The van der Waals surface area contributed by atoms with Gasteiger partial charge in [-0.1, -0.05) is 47.5 Å². The highest BCUT2D eigenvalue weighted by atomic mass is 35.5. The van der Waals surface area contributed by atoms with E-state index >= 15 is 0 Å². The second-order valence-corrected chi connectivity index (χ2v) is 12.2. The summed E-state index contributed by atoms with van der Waals surface area (Å²) in [6, 6.07) is 14.5. The van der Waals surface area contributed by atoms with Gasteiger partial charge in [0.05, 0.1) is 21.5 Å². The molecule has 4 aromatic rings. The van der Waals surface area contributed by atoms with Gasteiger partial charge in [0, 0.05) is 25.0 Å². The van der Waals surface area contributed by atoms with Crippen molar-refractivity contribution >= 4 is 39.2 Å². The predicted molar refractivity (Wildman–Crippen MR) is 151 cm³/mol. The molecular weight excluding hydrogens is 613 g/mol. The average Bonchev–Trinajstić information content (AvgIpc) is 3.65. The van der Waals surface area contributed by atoms with Crippen LogP contribution in [0.5, 0.6) is 11.5 Å². The van der Waals surface area contributed by atoms with Crippen LogP contribution < -0.4 is 9.47 Å². The number of carbonyl (C=O) groups excluding carboxylic acids is 1. The molecule has 0 radical (unpaired) electrons. The molecule has 1 saturated carbocycles. The van der Waals surface area contributed by atoms with E-state index in [1.54, 1.807) is 18.2 Å². The first kappa shape index (κ1) is 29.8. The number of halogens is 4. The van der Waals surface area contributed by atoms with E-state index in [9.17, 15) is 22.0 Å². The van der Waals surface area contributed by atoms with E-state index in [4.69, 9.17) is 32.7 Å². The van der Waals surface area contributed by atoms with E-state index in [0.29, 0.717) is 23.7 Å². The van der Waals surface area contributed by atoms with Crippen LogP contribution in [0.4, 0.5) is 8.78 Å². The maximum absolute atomic E-state index is 13.5. The molecule has 8 nitrogen and oxygen atoms in total. The molecule has 1 aliphatic rings. The van der Waals surface area contributed by atoms with Crippen LogP contribution in [0.15, 0.2) is 84.1 Å². The Hall–Kier alpha value is -3.67. The van der Waals surface area contributed by atoms with E-state index in [1.807, 2.05) is 0 Å². The minimum atomic E-state index is -4.12. The first-order valence-electron chi connectivity index (χ1n) is 12.8. The van der Waals surface area contributed by atoms with Gasteiger partial charge < -0.3 is 14.2 Å². The van der Waals surface area contributed by atoms with Gasteiger partial charge in [-0.15, -0.1) is 0 Å². The zero-order valence-corrected chi connectivity index (χ0v) is 24.2. The van der Waals surface area contributed by atoms with Crippen molar-refractivity contribution in [2.75, 3.05) is 6.61 Å². The molecule has 13 heteroatoms. The van der Waals surface area contributed by atoms with Crippen LogP contribution in [-0.4, -0.2) is 36.6 Å². The summed E-state index contributed by atoms with van der Waals surface area (Å²) < 4.78 is 69.9. The fraction of sp³-hybridized carbons (Fsp3) is 0.241. The van der Waals surface area contributed by atoms with Crippen molar-refractivity contribution in [2.24, 2.45) is 5.92 Å². The largest absolute Gasteiger partial charge is 0.489 e. The molecule has 220 valence electrons. The quantitative estimate of drug-likeness (QED) is 0.155. The maximum Gasteiger partial charge on any atom is 0.387 e. The Morgan fingerprint density at radius 2 is 1.71 bits per heavy atom. The second kappa shape index (κ2) is 12.7. The summed E-state index contributed by atoms with van der Waals surface area (Å²) in [6.07, 6.45) is 4.79. The molecule has 1 fully saturated rings. The van der Waals surface area contributed by atoms with Crippen molar-refractivity contribution in [1.29, 1.82) is 0 Å². The van der Waals surface area contributed by atoms with Crippen molar-refractivity contribution in [1.82, 2.24) is 8.96 Å². The van der Waals surface area contributed by atoms with Crippen LogP contribution in [0.1, 0.15) is 40.6 Å². The van der Waals surface area contributed by atoms with E-state index < -0.39 is 28.7 Å². The molecule has 0 aliphatic heterocycles. The monoisotopic (exact) mass is 636 g/mol. The molecule has 42 heavy (non-hydrogen) atoms. The van der Waals surface area contributed by atoms with Crippen LogP contribution >= 0.6 is 23.2 Å². The molecule has 1 aliphatic carbocycles. The number of hydrogen-bond donors (Lipinski definition) is 0. The summed E-state index contributed by atoms with van der Waals surface area (Å²) in [5.74, 6) is -0.778. The van der Waals surface area contributed by atoms with Crippen molar-refractivity contribution in [3.63, 3.8) is 0 Å². The fourth-order valence-electron chi connectivity index (χ4n) is 4.20. The number of benzene rings is 2. The summed E-state index contributed by atoms with van der Waals surface area (Å²) in [5, 5.41) is 0.419. The van der Waals surface area contributed by atoms with Crippen LogP contribution in [0, 0.1) is 5.92 Å². The Kier molecular flexibility index (Phi) is 9.00. The molecule has 0 saturated heterocycles. The molecule has 0 bridgehead atoms. The van der Waals surface area contributed by atoms with Gasteiger partial charge in [0.15, 0.2) is 11.5 Å². The molecular formula is C29H24Cl2F2N2O6S. The van der Waals surface area contributed by atoms with Gasteiger partial charge in [-0.2, -0.15) is 8.78 Å². The van der Waals surface area contributed by atoms with Gasteiger partial charge in [-0.3, -0.25) is 4.98 Å². The molecule has 0 amide bonds. The number of pyridine rings is 1. The Labute approximate surface area is 250 Å². The van der Waals surface area contributed by atoms with E-state index in [-0.39, 0.29) is 38.6 Å². The smallest absolute Gasteiger partial charge is 0.387 e. The minimum absolute atomic E-state index is 0.0192. The number of esters is 1. The Morgan fingerprint density at radius 3 is 2.38 bits per heavy atom. The molecule has 0 spiro atoms. The van der Waals surface area contributed by atoms with E-state index in [1.165, 1.54) is 61.1 Å².